The van der Waals surface area contributed by atoms with Gasteiger partial charge in [0.25, 0.3) is 11.8 Å². The fourth-order valence-corrected chi connectivity index (χ4v) is 2.56. The molecule has 0 radical (unpaired) electrons. The van der Waals surface area contributed by atoms with Crippen molar-refractivity contribution in [3.63, 3.8) is 0 Å². The first-order valence-corrected chi connectivity index (χ1v) is 6.64. The summed E-state index contributed by atoms with van der Waals surface area (Å²) in [5, 5.41) is 11.8. The van der Waals surface area contributed by atoms with Gasteiger partial charge in [-0.05, 0) is 24.6 Å². The second-order valence-corrected chi connectivity index (χ2v) is 5.14. The molecular weight excluding hydrogens is 260 g/mol. The number of hydrogen-bond donors (Lipinski definition) is 2. The molecule has 0 saturated carbocycles. The molecule has 0 spiro atoms. The van der Waals surface area contributed by atoms with Gasteiger partial charge in [0.1, 0.15) is 5.75 Å². The van der Waals surface area contributed by atoms with Crippen molar-refractivity contribution in [2.45, 2.75) is 6.42 Å². The summed E-state index contributed by atoms with van der Waals surface area (Å²) in [6.45, 7) is 1.35. The predicted molar refractivity (Wildman–Crippen MR) is 71.7 cm³/mol. The number of aliphatic hydroxyl groups is 1. The van der Waals surface area contributed by atoms with E-state index in [9.17, 15) is 9.59 Å². The molecule has 0 aliphatic carbocycles. The van der Waals surface area contributed by atoms with Crippen molar-refractivity contribution in [2.75, 3.05) is 31.6 Å². The first kappa shape index (κ1) is 12.9. The van der Waals surface area contributed by atoms with Crippen LogP contribution >= 0.6 is 0 Å². The lowest BCUT2D eigenvalue weighted by Gasteiger charge is -2.20. The van der Waals surface area contributed by atoms with E-state index in [4.69, 9.17) is 9.84 Å². The normalized spacial score (nSPS) is 21.1. The number of carbonyl (C=O) groups excluding carboxylic acids is 2. The maximum absolute atomic E-state index is 12.4. The number of hydrogen-bond acceptors (Lipinski definition) is 4. The fraction of sp³-hybridized carbons (Fsp3) is 0.429. The first-order chi connectivity index (χ1) is 9.67. The number of fused-ring (bicyclic) bond motifs is 1. The van der Waals surface area contributed by atoms with Crippen LogP contribution in [0.4, 0.5) is 5.69 Å². The molecule has 1 atom stereocenters. The number of ether oxygens (including phenoxy) is 1. The molecule has 1 saturated heterocycles. The third-order valence-corrected chi connectivity index (χ3v) is 3.69. The van der Waals surface area contributed by atoms with Crippen LogP contribution in [0.25, 0.3) is 0 Å². The molecule has 0 bridgehead atoms. The number of benzene rings is 1. The van der Waals surface area contributed by atoms with Gasteiger partial charge in [-0.3, -0.25) is 9.59 Å². The molecule has 1 fully saturated rings. The Morgan fingerprint density at radius 1 is 1.50 bits per heavy atom. The number of nitrogens with zero attached hydrogens (tertiary/aromatic N) is 1. The smallest absolute Gasteiger partial charge is 0.262 e. The van der Waals surface area contributed by atoms with Gasteiger partial charge in [0, 0.05) is 31.2 Å². The molecule has 1 aromatic carbocycles. The highest BCUT2D eigenvalue weighted by Gasteiger charge is 2.27. The van der Waals surface area contributed by atoms with Crippen LogP contribution < -0.4 is 10.1 Å². The lowest BCUT2D eigenvalue weighted by Crippen LogP contribution is -2.30. The molecule has 2 amide bonds. The van der Waals surface area contributed by atoms with Crippen LogP contribution in [0.15, 0.2) is 18.2 Å². The number of anilines is 1. The topological polar surface area (TPSA) is 78.9 Å². The van der Waals surface area contributed by atoms with Crippen molar-refractivity contribution in [3.8, 4) is 5.75 Å². The molecule has 2 aliphatic rings. The van der Waals surface area contributed by atoms with E-state index < -0.39 is 0 Å². The maximum Gasteiger partial charge on any atom is 0.262 e. The molecule has 20 heavy (non-hydrogen) atoms. The average molecular weight is 276 g/mol. The number of amides is 2. The fourth-order valence-electron chi connectivity index (χ4n) is 2.56. The van der Waals surface area contributed by atoms with Gasteiger partial charge >= 0.3 is 0 Å². The Labute approximate surface area is 116 Å². The Balaban J connectivity index is 1.79. The summed E-state index contributed by atoms with van der Waals surface area (Å²) in [6, 6.07) is 5.04. The van der Waals surface area contributed by atoms with Gasteiger partial charge in [0.15, 0.2) is 6.61 Å². The second kappa shape index (κ2) is 5.13. The second-order valence-electron chi connectivity index (χ2n) is 5.14. The minimum atomic E-state index is -0.219. The predicted octanol–water partition coefficient (Wildman–Crippen LogP) is 0.472. The highest BCUT2D eigenvalue weighted by molar-refractivity contribution is 5.99. The highest BCUT2D eigenvalue weighted by Crippen LogP contribution is 2.29. The SMILES string of the molecule is O=C1COc2ccc(C(=O)N3CCC(CO)C3)cc2N1. The van der Waals surface area contributed by atoms with Gasteiger partial charge in [-0.25, -0.2) is 0 Å². The number of nitrogens with one attached hydrogen (secondary N) is 1. The first-order valence-electron chi connectivity index (χ1n) is 6.64. The third-order valence-electron chi connectivity index (χ3n) is 3.69. The molecule has 2 heterocycles. The molecule has 3 rings (SSSR count). The lowest BCUT2D eigenvalue weighted by molar-refractivity contribution is -0.118. The van der Waals surface area contributed by atoms with E-state index in [1.165, 1.54) is 0 Å². The van der Waals surface area contributed by atoms with Crippen LogP contribution in [0.2, 0.25) is 0 Å². The summed E-state index contributed by atoms with van der Waals surface area (Å²) in [5.74, 6) is 0.447. The van der Waals surface area contributed by atoms with Gasteiger partial charge < -0.3 is 20.1 Å². The Hall–Kier alpha value is -2.08. The van der Waals surface area contributed by atoms with Crippen molar-refractivity contribution < 1.29 is 19.4 Å². The summed E-state index contributed by atoms with van der Waals surface area (Å²) in [6.07, 6.45) is 0.826. The summed E-state index contributed by atoms with van der Waals surface area (Å²) in [5.41, 5.74) is 1.05. The highest BCUT2D eigenvalue weighted by atomic mass is 16.5. The zero-order valence-corrected chi connectivity index (χ0v) is 11.0. The molecule has 1 aromatic rings. The summed E-state index contributed by atoms with van der Waals surface area (Å²) in [4.78, 5) is 25.4. The van der Waals surface area contributed by atoms with Crippen LogP contribution in [0.3, 0.4) is 0 Å². The van der Waals surface area contributed by atoms with E-state index in [1.54, 1.807) is 23.1 Å². The zero-order chi connectivity index (χ0) is 14.1. The summed E-state index contributed by atoms with van der Waals surface area (Å²) < 4.78 is 5.26. The molecule has 6 nitrogen and oxygen atoms in total. The van der Waals surface area contributed by atoms with Gasteiger partial charge in [-0.15, -0.1) is 0 Å². The van der Waals surface area contributed by atoms with E-state index >= 15 is 0 Å². The van der Waals surface area contributed by atoms with Crippen LogP contribution in [0, 0.1) is 5.92 Å². The quantitative estimate of drug-likeness (QED) is 0.823. The molecule has 1 unspecified atom stereocenters. The van der Waals surface area contributed by atoms with E-state index in [0.717, 1.165) is 6.42 Å². The number of carbonyl (C=O) groups is 2. The van der Waals surface area contributed by atoms with Crippen molar-refractivity contribution >= 4 is 17.5 Å². The molecule has 6 heteroatoms. The number of aliphatic hydroxyl groups excluding tert-OH is 1. The van der Waals surface area contributed by atoms with Gasteiger partial charge in [0.2, 0.25) is 0 Å². The van der Waals surface area contributed by atoms with Crippen LogP contribution in [0.1, 0.15) is 16.8 Å². The van der Waals surface area contributed by atoms with Crippen molar-refractivity contribution in [1.29, 1.82) is 0 Å². The van der Waals surface area contributed by atoms with Crippen LogP contribution in [0.5, 0.6) is 5.75 Å². The Kier molecular flexibility index (Phi) is 3.31. The molecular formula is C14H16N2O4. The summed E-state index contributed by atoms with van der Waals surface area (Å²) >= 11 is 0. The lowest BCUT2D eigenvalue weighted by atomic mass is 10.1. The zero-order valence-electron chi connectivity index (χ0n) is 11.0. The maximum atomic E-state index is 12.4. The summed E-state index contributed by atoms with van der Waals surface area (Å²) in [7, 11) is 0. The standard InChI is InChI=1S/C14H16N2O4/c17-7-9-3-4-16(6-9)14(19)10-1-2-12-11(5-10)15-13(18)8-20-12/h1-2,5,9,17H,3-4,6-8H2,(H,15,18). The van der Waals surface area contributed by atoms with E-state index in [0.29, 0.717) is 30.1 Å². The van der Waals surface area contributed by atoms with Crippen molar-refractivity contribution in [3.05, 3.63) is 23.8 Å². The number of rotatable bonds is 2. The Morgan fingerprint density at radius 2 is 2.35 bits per heavy atom. The van der Waals surface area contributed by atoms with Crippen LogP contribution in [-0.2, 0) is 4.79 Å². The average Bonchev–Trinajstić information content (AvgIpc) is 2.94. The minimum Gasteiger partial charge on any atom is -0.482 e. The van der Waals surface area contributed by atoms with E-state index in [2.05, 4.69) is 5.32 Å². The van der Waals surface area contributed by atoms with Crippen molar-refractivity contribution in [2.24, 2.45) is 5.92 Å². The number of likely N-dealkylation sites (tertiary alicyclic amines) is 1. The Morgan fingerprint density at radius 3 is 3.10 bits per heavy atom. The molecule has 2 aliphatic heterocycles. The molecule has 2 N–H and O–H groups in total. The Bertz CT molecular complexity index is 558. The van der Waals surface area contributed by atoms with Gasteiger partial charge in [-0.1, -0.05) is 0 Å². The van der Waals surface area contributed by atoms with Gasteiger partial charge in [0.05, 0.1) is 5.69 Å². The van der Waals surface area contributed by atoms with Crippen LogP contribution in [-0.4, -0.2) is 48.1 Å². The molecule has 0 aromatic heterocycles. The monoisotopic (exact) mass is 276 g/mol. The van der Waals surface area contributed by atoms with Gasteiger partial charge in [-0.2, -0.15) is 0 Å². The van der Waals surface area contributed by atoms with E-state index in [1.807, 2.05) is 0 Å². The van der Waals surface area contributed by atoms with E-state index in [-0.39, 0.29) is 30.9 Å². The van der Waals surface area contributed by atoms with Crippen molar-refractivity contribution in [1.82, 2.24) is 4.90 Å². The largest absolute Gasteiger partial charge is 0.482 e. The minimum absolute atomic E-state index is 0.00456. The third kappa shape index (κ3) is 2.34. The molecule has 106 valence electrons.